The highest BCUT2D eigenvalue weighted by Crippen LogP contribution is 2.33. The average molecular weight is 342 g/mol. The van der Waals surface area contributed by atoms with Crippen molar-refractivity contribution in [2.75, 3.05) is 0 Å². The van der Waals surface area contributed by atoms with Gasteiger partial charge in [0.15, 0.2) is 0 Å². The number of ether oxygens (including phenoxy) is 1. The summed E-state index contributed by atoms with van der Waals surface area (Å²) < 4.78 is 7.68. The van der Waals surface area contributed by atoms with Gasteiger partial charge in [0.2, 0.25) is 0 Å². The van der Waals surface area contributed by atoms with E-state index in [1.807, 2.05) is 18.3 Å². The molecule has 0 saturated heterocycles. The van der Waals surface area contributed by atoms with E-state index >= 15 is 0 Å². The van der Waals surface area contributed by atoms with Gasteiger partial charge in [-0.1, -0.05) is 19.2 Å². The number of fused-ring (bicyclic) bond motifs is 1. The van der Waals surface area contributed by atoms with Crippen molar-refractivity contribution >= 4 is 24.0 Å². The summed E-state index contributed by atoms with van der Waals surface area (Å²) in [7, 11) is 0. The molecule has 2 aromatic heterocycles. The van der Waals surface area contributed by atoms with Crippen LogP contribution in [0.15, 0.2) is 17.4 Å². The highest BCUT2D eigenvalue weighted by Gasteiger charge is 2.24. The maximum Gasteiger partial charge on any atom is 0.261 e. The minimum Gasteiger partial charge on any atom is -0.370 e. The maximum absolute atomic E-state index is 12.7. The summed E-state index contributed by atoms with van der Waals surface area (Å²) >= 11 is 1.81. The second kappa shape index (κ2) is 6.49. The van der Waals surface area contributed by atoms with Crippen LogP contribution < -0.4 is 16.1 Å². The van der Waals surface area contributed by atoms with E-state index in [0.29, 0.717) is 29.5 Å². The number of aryl methyl sites for hydroxylation is 2. The molecule has 4 nitrogen and oxygen atoms in total. The van der Waals surface area contributed by atoms with Crippen molar-refractivity contribution in [3.8, 4) is 0 Å². The first-order valence-corrected chi connectivity index (χ1v) is 8.82. The zero-order valence-corrected chi connectivity index (χ0v) is 15.2. The molecule has 5 heteroatoms. The summed E-state index contributed by atoms with van der Waals surface area (Å²) in [5.41, 5.74) is 2.67. The highest BCUT2D eigenvalue weighted by atomic mass is 32.1. The Morgan fingerprint density at radius 3 is 2.88 bits per heavy atom. The second-order valence-corrected chi connectivity index (χ2v) is 7.47. The third-order valence-electron chi connectivity index (χ3n) is 4.62. The number of allylic oxidation sites excluding steroid dienone is 1. The molecule has 0 N–H and O–H groups in total. The topological polar surface area (TPSA) is 44.1 Å². The summed E-state index contributed by atoms with van der Waals surface area (Å²) in [5.74, 6) is 0.666. The summed E-state index contributed by atoms with van der Waals surface area (Å²) in [6, 6.07) is 0. The van der Waals surface area contributed by atoms with E-state index in [-0.39, 0.29) is 11.7 Å². The zero-order chi connectivity index (χ0) is 17.4. The molecule has 1 aliphatic rings. The van der Waals surface area contributed by atoms with Crippen molar-refractivity contribution < 1.29 is 4.74 Å². The van der Waals surface area contributed by atoms with Gasteiger partial charge in [-0.15, -0.1) is 11.3 Å². The van der Waals surface area contributed by atoms with Crippen LogP contribution in [0.1, 0.15) is 26.7 Å². The molecule has 3 heterocycles. The van der Waals surface area contributed by atoms with Gasteiger partial charge < -0.3 is 4.74 Å². The Morgan fingerprint density at radius 1 is 1.42 bits per heavy atom. The highest BCUT2D eigenvalue weighted by molar-refractivity contribution is 7.12. The van der Waals surface area contributed by atoms with Gasteiger partial charge in [0.1, 0.15) is 5.82 Å². The lowest BCUT2D eigenvalue weighted by molar-refractivity contribution is 0.0184. The predicted molar refractivity (Wildman–Crippen MR) is 98.7 cm³/mol. The minimum absolute atomic E-state index is 0.0179. The van der Waals surface area contributed by atoms with Crippen LogP contribution in [-0.4, -0.2) is 15.7 Å². The zero-order valence-electron chi connectivity index (χ0n) is 14.4. The summed E-state index contributed by atoms with van der Waals surface area (Å²) in [5, 5.41) is 0.986. The van der Waals surface area contributed by atoms with Gasteiger partial charge in [-0.05, 0) is 38.0 Å². The molecule has 0 amide bonds. The molecule has 2 aromatic rings. The molecule has 0 radical (unpaired) electrons. The Morgan fingerprint density at radius 2 is 2.17 bits per heavy atom. The summed E-state index contributed by atoms with van der Waals surface area (Å²) in [6.07, 6.45) is 4.08. The van der Waals surface area contributed by atoms with Gasteiger partial charge >= 0.3 is 0 Å². The molecule has 0 bridgehead atoms. The molecule has 3 rings (SSSR count). The molecule has 24 heavy (non-hydrogen) atoms. The lowest BCUT2D eigenvalue weighted by atomic mass is 10.0. The van der Waals surface area contributed by atoms with Crippen LogP contribution in [0.5, 0.6) is 0 Å². The third kappa shape index (κ3) is 2.89. The summed E-state index contributed by atoms with van der Waals surface area (Å²) in [6.45, 7) is 14.8. The first-order valence-electron chi connectivity index (χ1n) is 8.00. The Hall–Kier alpha value is -1.98. The Labute approximate surface area is 145 Å². The van der Waals surface area contributed by atoms with Gasteiger partial charge in [-0.2, -0.15) is 0 Å². The number of aromatic nitrogens is 2. The lowest BCUT2D eigenvalue weighted by Gasteiger charge is -2.25. The van der Waals surface area contributed by atoms with Gasteiger partial charge in [0.05, 0.1) is 29.8 Å². The molecule has 1 atom stereocenters. The van der Waals surface area contributed by atoms with Gasteiger partial charge in [0, 0.05) is 16.2 Å². The van der Waals surface area contributed by atoms with E-state index in [2.05, 4.69) is 32.0 Å². The fraction of sp³-hybridized carbons (Fsp3) is 0.368. The van der Waals surface area contributed by atoms with Crippen LogP contribution in [0, 0.1) is 20.8 Å². The largest absolute Gasteiger partial charge is 0.370 e. The van der Waals surface area contributed by atoms with Crippen LogP contribution in [-0.2, 0) is 24.3 Å². The number of hydrogen-bond donors (Lipinski definition) is 0. The second-order valence-electron chi connectivity index (χ2n) is 6.16. The van der Waals surface area contributed by atoms with E-state index in [1.165, 1.54) is 20.9 Å². The molecule has 1 unspecified atom stereocenters. The third-order valence-corrected chi connectivity index (χ3v) is 5.84. The molecule has 0 aromatic carbocycles. The summed E-state index contributed by atoms with van der Waals surface area (Å²) in [4.78, 5) is 19.8. The quantitative estimate of drug-likeness (QED) is 0.854. The lowest BCUT2D eigenvalue weighted by Crippen LogP contribution is -2.48. The molecule has 0 saturated carbocycles. The van der Waals surface area contributed by atoms with E-state index in [4.69, 9.17) is 4.74 Å². The van der Waals surface area contributed by atoms with E-state index in [0.717, 1.165) is 6.42 Å². The van der Waals surface area contributed by atoms with E-state index in [1.54, 1.807) is 16.7 Å². The van der Waals surface area contributed by atoms with Crippen molar-refractivity contribution in [2.45, 2.75) is 46.4 Å². The molecule has 0 spiro atoms. The fourth-order valence-corrected chi connectivity index (χ4v) is 4.29. The van der Waals surface area contributed by atoms with E-state index < -0.39 is 0 Å². The molecule has 1 aliphatic heterocycles. The SMILES string of the molecule is C=C/C=c1\c(=C)nc(C)n(CC2Cc3c(sc(C)c3C)CO2)c1=O. The van der Waals surface area contributed by atoms with Crippen LogP contribution >= 0.6 is 11.3 Å². The van der Waals surface area contributed by atoms with Crippen molar-refractivity contribution in [1.29, 1.82) is 0 Å². The molecular weight excluding hydrogens is 320 g/mol. The monoisotopic (exact) mass is 342 g/mol. The van der Waals surface area contributed by atoms with E-state index in [9.17, 15) is 4.79 Å². The minimum atomic E-state index is -0.0833. The first kappa shape index (κ1) is 16.9. The van der Waals surface area contributed by atoms with Gasteiger partial charge in [-0.25, -0.2) is 4.98 Å². The van der Waals surface area contributed by atoms with Crippen molar-refractivity contribution in [3.05, 3.63) is 60.3 Å². The number of hydrogen-bond acceptors (Lipinski definition) is 4. The standard InChI is InChI=1S/C19H22N2O2S/c1-6-7-16-12(3)20-14(5)21(19(16)22)9-15-8-17-11(2)13(4)24-18(17)10-23-15/h6-7,15H,1,3,8-10H2,2,4-5H3/b16-7+. The average Bonchev–Trinajstić information content (AvgIpc) is 2.83. The van der Waals surface area contributed by atoms with Crippen LogP contribution in [0.3, 0.4) is 0 Å². The number of thiophene rings is 1. The fourth-order valence-electron chi connectivity index (χ4n) is 3.16. The van der Waals surface area contributed by atoms with Crippen LogP contribution in [0.2, 0.25) is 0 Å². The van der Waals surface area contributed by atoms with Crippen molar-refractivity contribution in [2.24, 2.45) is 0 Å². The van der Waals surface area contributed by atoms with Crippen molar-refractivity contribution in [3.63, 3.8) is 0 Å². The van der Waals surface area contributed by atoms with Crippen molar-refractivity contribution in [1.82, 2.24) is 9.55 Å². The number of rotatable bonds is 3. The Bertz CT molecular complexity index is 969. The molecular formula is C19H22N2O2S. The van der Waals surface area contributed by atoms with Gasteiger partial charge in [-0.3, -0.25) is 9.36 Å². The van der Waals surface area contributed by atoms with Gasteiger partial charge in [0.25, 0.3) is 5.56 Å². The Balaban J connectivity index is 1.96. The molecule has 126 valence electrons. The van der Waals surface area contributed by atoms with Crippen LogP contribution in [0.25, 0.3) is 12.7 Å². The Kier molecular flexibility index (Phi) is 4.56. The smallest absolute Gasteiger partial charge is 0.261 e. The normalized spacial score (nSPS) is 17.8. The van der Waals surface area contributed by atoms with Crippen LogP contribution in [0.4, 0.5) is 0 Å². The first-order chi connectivity index (χ1) is 11.4. The number of nitrogens with zero attached hydrogens (tertiary/aromatic N) is 2. The molecule has 0 fully saturated rings. The maximum atomic E-state index is 12.7. The predicted octanol–water partition coefficient (Wildman–Crippen LogP) is 1.75. The molecule has 0 aliphatic carbocycles.